The van der Waals surface area contributed by atoms with Crippen molar-refractivity contribution in [2.75, 3.05) is 0 Å². The Balaban J connectivity index is 1.47. The van der Waals surface area contributed by atoms with Gasteiger partial charge in [-0.1, -0.05) is 54.1 Å². The summed E-state index contributed by atoms with van der Waals surface area (Å²) in [4.78, 5) is 12.1. The van der Waals surface area contributed by atoms with Crippen LogP contribution >= 0.6 is 11.6 Å². The van der Waals surface area contributed by atoms with Crippen LogP contribution in [0.1, 0.15) is 22.5 Å². The Morgan fingerprint density at radius 2 is 1.85 bits per heavy atom. The summed E-state index contributed by atoms with van der Waals surface area (Å²) in [5, 5.41) is 3.54. The van der Waals surface area contributed by atoms with Crippen molar-refractivity contribution in [1.29, 1.82) is 0 Å². The number of halogens is 1. The van der Waals surface area contributed by atoms with Gasteiger partial charge in [-0.2, -0.15) is 0 Å². The highest BCUT2D eigenvalue weighted by Gasteiger charge is 2.07. The largest absolute Gasteiger partial charge is 0.467 e. The van der Waals surface area contributed by atoms with Crippen LogP contribution in [-0.2, 0) is 35.7 Å². The molecule has 0 aliphatic heterocycles. The van der Waals surface area contributed by atoms with E-state index in [2.05, 4.69) is 5.32 Å². The van der Waals surface area contributed by atoms with Gasteiger partial charge in [0.05, 0.1) is 19.3 Å². The number of amides is 1. The van der Waals surface area contributed by atoms with E-state index in [0.717, 1.165) is 22.5 Å². The van der Waals surface area contributed by atoms with Crippen molar-refractivity contribution in [2.45, 2.75) is 26.2 Å². The van der Waals surface area contributed by atoms with Crippen LogP contribution in [0.25, 0.3) is 0 Å². The molecule has 0 fully saturated rings. The lowest BCUT2D eigenvalue weighted by Crippen LogP contribution is -2.24. The van der Waals surface area contributed by atoms with Crippen molar-refractivity contribution < 1.29 is 13.9 Å². The number of carbonyl (C=O) groups is 1. The minimum atomic E-state index is -0.0578. The van der Waals surface area contributed by atoms with Gasteiger partial charge in [0.15, 0.2) is 0 Å². The zero-order chi connectivity index (χ0) is 18.2. The fourth-order valence-electron chi connectivity index (χ4n) is 2.57. The highest BCUT2D eigenvalue weighted by molar-refractivity contribution is 6.31. The summed E-state index contributed by atoms with van der Waals surface area (Å²) in [6.07, 6.45) is 1.90. The Hall–Kier alpha value is -2.56. The lowest BCUT2D eigenvalue weighted by Gasteiger charge is -2.08. The van der Waals surface area contributed by atoms with Crippen LogP contribution in [-0.4, -0.2) is 5.91 Å². The molecule has 1 heterocycles. The Morgan fingerprint density at radius 1 is 1.00 bits per heavy atom. The maximum atomic E-state index is 12.1. The molecule has 0 unspecified atom stereocenters. The molecule has 0 spiro atoms. The smallest absolute Gasteiger partial charge is 0.224 e. The van der Waals surface area contributed by atoms with Crippen LogP contribution < -0.4 is 5.32 Å². The van der Waals surface area contributed by atoms with E-state index in [1.54, 1.807) is 12.3 Å². The first-order valence-electron chi connectivity index (χ1n) is 8.39. The molecule has 0 saturated heterocycles. The van der Waals surface area contributed by atoms with E-state index >= 15 is 0 Å². The second-order valence-corrected chi connectivity index (χ2v) is 6.34. The first-order chi connectivity index (χ1) is 12.7. The lowest BCUT2D eigenvalue weighted by atomic mass is 10.1. The average Bonchev–Trinajstić information content (AvgIpc) is 3.16. The summed E-state index contributed by atoms with van der Waals surface area (Å²) in [6.45, 7) is 1.39. The van der Waals surface area contributed by atoms with Crippen molar-refractivity contribution in [3.63, 3.8) is 0 Å². The Kier molecular flexibility index (Phi) is 6.47. The van der Waals surface area contributed by atoms with E-state index in [0.29, 0.717) is 24.8 Å². The Labute approximate surface area is 157 Å². The number of furan rings is 1. The van der Waals surface area contributed by atoms with Crippen molar-refractivity contribution in [3.05, 3.63) is 94.4 Å². The van der Waals surface area contributed by atoms with Crippen LogP contribution in [0.2, 0.25) is 5.02 Å². The molecule has 26 heavy (non-hydrogen) atoms. The highest BCUT2D eigenvalue weighted by Crippen LogP contribution is 2.15. The second kappa shape index (κ2) is 9.22. The molecule has 3 rings (SSSR count). The summed E-state index contributed by atoms with van der Waals surface area (Å²) >= 11 is 6.09. The van der Waals surface area contributed by atoms with Gasteiger partial charge in [0.2, 0.25) is 5.91 Å². The van der Waals surface area contributed by atoms with Gasteiger partial charge in [0.1, 0.15) is 12.4 Å². The van der Waals surface area contributed by atoms with Gasteiger partial charge in [-0.3, -0.25) is 4.79 Å². The Morgan fingerprint density at radius 3 is 2.65 bits per heavy atom. The molecule has 1 amide bonds. The molecule has 2 aromatic carbocycles. The summed E-state index contributed by atoms with van der Waals surface area (Å²) in [6, 6.07) is 19.1. The standard InChI is InChI=1S/C21H20ClNO3/c22-20-9-2-1-7-18(20)12-21(24)23-13-16-5-3-6-17(11-16)14-25-15-19-8-4-10-26-19/h1-11H,12-15H2,(H,23,24). The first-order valence-corrected chi connectivity index (χ1v) is 8.76. The van der Waals surface area contributed by atoms with E-state index in [4.69, 9.17) is 20.8 Å². The van der Waals surface area contributed by atoms with E-state index in [1.165, 1.54) is 0 Å². The maximum absolute atomic E-state index is 12.1. The topological polar surface area (TPSA) is 51.5 Å². The van der Waals surface area contributed by atoms with Gasteiger partial charge in [0.25, 0.3) is 0 Å². The molecular formula is C21H20ClNO3. The molecule has 0 aliphatic rings. The third-order valence-corrected chi connectivity index (χ3v) is 4.25. The number of ether oxygens (including phenoxy) is 1. The predicted octanol–water partition coefficient (Wildman–Crippen LogP) is 4.51. The van der Waals surface area contributed by atoms with Gasteiger partial charge in [-0.05, 0) is 34.9 Å². The summed E-state index contributed by atoms with van der Waals surface area (Å²) in [5.41, 5.74) is 2.90. The zero-order valence-corrected chi connectivity index (χ0v) is 15.0. The highest BCUT2D eigenvalue weighted by atomic mass is 35.5. The van der Waals surface area contributed by atoms with Gasteiger partial charge >= 0.3 is 0 Å². The molecule has 0 aliphatic carbocycles. The van der Waals surface area contributed by atoms with E-state index in [1.807, 2.05) is 54.6 Å². The van der Waals surface area contributed by atoms with E-state index in [-0.39, 0.29) is 12.3 Å². The fraction of sp³-hybridized carbons (Fsp3) is 0.190. The summed E-state index contributed by atoms with van der Waals surface area (Å²) < 4.78 is 10.9. The van der Waals surface area contributed by atoms with Crippen LogP contribution in [0.5, 0.6) is 0 Å². The quantitative estimate of drug-likeness (QED) is 0.635. The molecule has 1 aromatic heterocycles. The summed E-state index contributed by atoms with van der Waals surface area (Å²) in [5.74, 6) is 0.741. The number of hydrogen-bond donors (Lipinski definition) is 1. The van der Waals surface area contributed by atoms with Crippen molar-refractivity contribution in [1.82, 2.24) is 5.32 Å². The molecule has 0 atom stereocenters. The molecule has 0 radical (unpaired) electrons. The lowest BCUT2D eigenvalue weighted by molar-refractivity contribution is -0.120. The van der Waals surface area contributed by atoms with Gasteiger partial charge in [0, 0.05) is 11.6 Å². The molecule has 4 nitrogen and oxygen atoms in total. The van der Waals surface area contributed by atoms with Crippen molar-refractivity contribution in [3.8, 4) is 0 Å². The van der Waals surface area contributed by atoms with Gasteiger partial charge < -0.3 is 14.5 Å². The third kappa shape index (κ3) is 5.48. The minimum absolute atomic E-state index is 0.0578. The number of nitrogens with one attached hydrogen (secondary N) is 1. The number of rotatable bonds is 8. The molecule has 1 N–H and O–H groups in total. The monoisotopic (exact) mass is 369 g/mol. The van der Waals surface area contributed by atoms with Gasteiger partial charge in [-0.15, -0.1) is 0 Å². The normalized spacial score (nSPS) is 10.7. The van der Waals surface area contributed by atoms with Crippen molar-refractivity contribution in [2.24, 2.45) is 0 Å². The first kappa shape index (κ1) is 18.2. The van der Waals surface area contributed by atoms with Crippen LogP contribution in [0, 0.1) is 0 Å². The Bertz CT molecular complexity index is 846. The van der Waals surface area contributed by atoms with Crippen molar-refractivity contribution >= 4 is 17.5 Å². The predicted molar refractivity (Wildman–Crippen MR) is 101 cm³/mol. The maximum Gasteiger partial charge on any atom is 0.224 e. The van der Waals surface area contributed by atoms with E-state index in [9.17, 15) is 4.79 Å². The molecule has 5 heteroatoms. The molecule has 0 bridgehead atoms. The molecule has 134 valence electrons. The second-order valence-electron chi connectivity index (χ2n) is 5.94. The number of hydrogen-bond acceptors (Lipinski definition) is 3. The minimum Gasteiger partial charge on any atom is -0.467 e. The SMILES string of the molecule is O=C(Cc1ccccc1Cl)NCc1cccc(COCc2ccco2)c1. The number of benzene rings is 2. The van der Waals surface area contributed by atoms with Gasteiger partial charge in [-0.25, -0.2) is 0 Å². The van der Waals surface area contributed by atoms with E-state index < -0.39 is 0 Å². The third-order valence-electron chi connectivity index (χ3n) is 3.88. The summed E-state index contributed by atoms with van der Waals surface area (Å²) in [7, 11) is 0. The van der Waals surface area contributed by atoms with Crippen LogP contribution in [0.4, 0.5) is 0 Å². The fourth-order valence-corrected chi connectivity index (χ4v) is 2.77. The molecule has 3 aromatic rings. The molecule has 0 saturated carbocycles. The van der Waals surface area contributed by atoms with Crippen LogP contribution in [0.3, 0.4) is 0 Å². The molecular weight excluding hydrogens is 350 g/mol. The average molecular weight is 370 g/mol. The zero-order valence-electron chi connectivity index (χ0n) is 14.3. The van der Waals surface area contributed by atoms with Crippen LogP contribution in [0.15, 0.2) is 71.3 Å². The number of carbonyl (C=O) groups excluding carboxylic acids is 1.